The van der Waals surface area contributed by atoms with Crippen LogP contribution in [0.15, 0.2) is 0 Å². The minimum absolute atomic E-state index is 0.380. The highest BCUT2D eigenvalue weighted by molar-refractivity contribution is 5.34. The van der Waals surface area contributed by atoms with Crippen molar-refractivity contribution in [1.82, 2.24) is 0 Å². The van der Waals surface area contributed by atoms with E-state index in [1.807, 2.05) is 0 Å². The van der Waals surface area contributed by atoms with Crippen LogP contribution in [0.3, 0.4) is 0 Å². The highest BCUT2D eigenvalue weighted by atomic mass is 16.6. The van der Waals surface area contributed by atoms with Gasteiger partial charge in [-0.2, -0.15) is 0 Å². The van der Waals surface area contributed by atoms with Gasteiger partial charge in [-0.25, -0.2) is 0 Å². The molecule has 1 spiro atoms. The highest BCUT2D eigenvalue weighted by Gasteiger charge is 2.87. The van der Waals surface area contributed by atoms with Crippen LogP contribution in [0, 0.1) is 17.3 Å². The molecule has 3 rings (SSSR count). The Labute approximate surface area is 68.1 Å². The summed E-state index contributed by atoms with van der Waals surface area (Å²) in [5.74, 6) is 1.73. The number of rotatable bonds is 0. The van der Waals surface area contributed by atoms with Crippen LogP contribution in [0.25, 0.3) is 0 Å². The summed E-state index contributed by atoms with van der Waals surface area (Å²) in [5, 5.41) is 0. The van der Waals surface area contributed by atoms with Crippen molar-refractivity contribution in [3.05, 3.63) is 0 Å². The summed E-state index contributed by atoms with van der Waals surface area (Å²) < 4.78 is 5.87. The number of hydrogen-bond donors (Lipinski definition) is 0. The Morgan fingerprint density at radius 1 is 1.27 bits per heavy atom. The molecule has 11 heavy (non-hydrogen) atoms. The molecule has 4 unspecified atom stereocenters. The van der Waals surface area contributed by atoms with Crippen LogP contribution in [-0.2, 0) is 4.74 Å². The Morgan fingerprint density at radius 2 is 2.00 bits per heavy atom. The quantitative estimate of drug-likeness (QED) is 0.485. The van der Waals surface area contributed by atoms with E-state index in [0.717, 1.165) is 11.8 Å². The van der Waals surface area contributed by atoms with E-state index in [4.69, 9.17) is 4.74 Å². The van der Waals surface area contributed by atoms with E-state index >= 15 is 0 Å². The van der Waals surface area contributed by atoms with Gasteiger partial charge in [0, 0.05) is 5.41 Å². The van der Waals surface area contributed by atoms with Gasteiger partial charge in [-0.1, -0.05) is 20.8 Å². The second-order valence-corrected chi connectivity index (χ2v) is 5.16. The molecule has 0 aromatic rings. The average molecular weight is 152 g/mol. The third-order valence-corrected chi connectivity index (χ3v) is 4.43. The molecule has 1 heteroatoms. The molecule has 2 aliphatic carbocycles. The van der Waals surface area contributed by atoms with Crippen molar-refractivity contribution in [3.63, 3.8) is 0 Å². The molecule has 4 atom stereocenters. The van der Waals surface area contributed by atoms with Gasteiger partial charge < -0.3 is 4.74 Å². The Bertz CT molecular complexity index is 221. The van der Waals surface area contributed by atoms with E-state index in [1.54, 1.807) is 0 Å². The summed E-state index contributed by atoms with van der Waals surface area (Å²) in [6, 6.07) is 0. The van der Waals surface area contributed by atoms with Gasteiger partial charge in [0.05, 0.1) is 6.10 Å². The molecule has 3 aliphatic rings. The van der Waals surface area contributed by atoms with Crippen molar-refractivity contribution in [2.45, 2.75) is 45.3 Å². The Kier molecular flexibility index (Phi) is 0.820. The maximum absolute atomic E-state index is 5.87. The molecule has 0 aromatic heterocycles. The molecule has 3 fully saturated rings. The normalized spacial score (nSPS) is 63.0. The van der Waals surface area contributed by atoms with Gasteiger partial charge in [-0.15, -0.1) is 0 Å². The Balaban J connectivity index is 1.95. The minimum Gasteiger partial charge on any atom is -0.365 e. The summed E-state index contributed by atoms with van der Waals surface area (Å²) in [6.07, 6.45) is 3.43. The van der Waals surface area contributed by atoms with Crippen molar-refractivity contribution in [1.29, 1.82) is 0 Å². The van der Waals surface area contributed by atoms with Crippen molar-refractivity contribution >= 4 is 0 Å². The Morgan fingerprint density at radius 3 is 2.64 bits per heavy atom. The SMILES string of the molecule is CC1CCC2C(C)(C)C23OC13. The number of ether oxygens (including phenoxy) is 1. The molecule has 0 bridgehead atoms. The van der Waals surface area contributed by atoms with E-state index in [9.17, 15) is 0 Å². The first-order valence-electron chi connectivity index (χ1n) is 4.78. The van der Waals surface area contributed by atoms with Gasteiger partial charge >= 0.3 is 0 Å². The topological polar surface area (TPSA) is 12.5 Å². The summed E-state index contributed by atoms with van der Waals surface area (Å²) in [4.78, 5) is 0. The first kappa shape index (κ1) is 6.47. The highest BCUT2D eigenvalue weighted by Crippen LogP contribution is 2.79. The standard InChI is InChI=1S/C10H16O/c1-6-4-5-7-9(2,3)10(7)8(6)11-10/h6-8H,4-5H2,1-3H3. The van der Waals surface area contributed by atoms with E-state index in [0.29, 0.717) is 17.1 Å². The van der Waals surface area contributed by atoms with E-state index in [-0.39, 0.29) is 0 Å². The molecular formula is C10H16O. The first-order valence-corrected chi connectivity index (χ1v) is 4.78. The van der Waals surface area contributed by atoms with Gasteiger partial charge in [-0.05, 0) is 24.7 Å². The predicted octanol–water partition coefficient (Wildman–Crippen LogP) is 2.21. The van der Waals surface area contributed by atoms with Crippen LogP contribution in [-0.4, -0.2) is 11.7 Å². The summed E-state index contributed by atoms with van der Waals surface area (Å²) >= 11 is 0. The monoisotopic (exact) mass is 152 g/mol. The van der Waals surface area contributed by atoms with Crippen molar-refractivity contribution < 1.29 is 4.74 Å². The van der Waals surface area contributed by atoms with E-state index < -0.39 is 0 Å². The van der Waals surface area contributed by atoms with Crippen molar-refractivity contribution in [3.8, 4) is 0 Å². The van der Waals surface area contributed by atoms with Gasteiger partial charge in [-0.3, -0.25) is 0 Å². The molecule has 0 N–H and O–H groups in total. The first-order chi connectivity index (χ1) is 5.11. The molecule has 0 aromatic carbocycles. The maximum atomic E-state index is 5.87. The second kappa shape index (κ2) is 1.39. The molecule has 1 saturated heterocycles. The fourth-order valence-electron chi connectivity index (χ4n) is 3.53. The molecule has 2 saturated carbocycles. The number of epoxide rings is 1. The van der Waals surface area contributed by atoms with Crippen LogP contribution in [0.1, 0.15) is 33.6 Å². The van der Waals surface area contributed by atoms with Gasteiger partial charge in [0.15, 0.2) is 0 Å². The molecule has 62 valence electrons. The largest absolute Gasteiger partial charge is 0.365 e. The molecular weight excluding hydrogens is 136 g/mol. The van der Waals surface area contributed by atoms with Gasteiger partial charge in [0.25, 0.3) is 0 Å². The van der Waals surface area contributed by atoms with Crippen LogP contribution >= 0.6 is 0 Å². The average Bonchev–Trinajstić information content (AvgIpc) is 2.72. The molecule has 0 radical (unpaired) electrons. The fraction of sp³-hybridized carbons (Fsp3) is 1.00. The van der Waals surface area contributed by atoms with Crippen LogP contribution in [0.4, 0.5) is 0 Å². The summed E-state index contributed by atoms with van der Waals surface area (Å²) in [6.45, 7) is 7.08. The lowest BCUT2D eigenvalue weighted by molar-refractivity contribution is 0.303. The van der Waals surface area contributed by atoms with Crippen LogP contribution in [0.5, 0.6) is 0 Å². The van der Waals surface area contributed by atoms with E-state index in [2.05, 4.69) is 20.8 Å². The second-order valence-electron chi connectivity index (χ2n) is 5.16. The minimum atomic E-state index is 0.380. The summed E-state index contributed by atoms with van der Waals surface area (Å²) in [7, 11) is 0. The van der Waals surface area contributed by atoms with Crippen molar-refractivity contribution in [2.24, 2.45) is 17.3 Å². The zero-order chi connectivity index (χ0) is 7.85. The lowest BCUT2D eigenvalue weighted by atomic mass is 9.91. The zero-order valence-electron chi connectivity index (χ0n) is 7.55. The van der Waals surface area contributed by atoms with Crippen LogP contribution in [0.2, 0.25) is 0 Å². The lowest BCUT2D eigenvalue weighted by Gasteiger charge is -2.10. The molecule has 1 heterocycles. The van der Waals surface area contributed by atoms with Gasteiger partial charge in [0.2, 0.25) is 0 Å². The fourth-order valence-corrected chi connectivity index (χ4v) is 3.53. The van der Waals surface area contributed by atoms with Crippen LogP contribution < -0.4 is 0 Å². The number of hydrogen-bond acceptors (Lipinski definition) is 1. The smallest absolute Gasteiger partial charge is 0.104 e. The summed E-state index contributed by atoms with van der Waals surface area (Å²) in [5.41, 5.74) is 0.896. The third kappa shape index (κ3) is 0.462. The maximum Gasteiger partial charge on any atom is 0.104 e. The molecule has 1 aliphatic heterocycles. The third-order valence-electron chi connectivity index (χ3n) is 4.43. The molecule has 1 nitrogen and oxygen atoms in total. The van der Waals surface area contributed by atoms with Gasteiger partial charge in [0.1, 0.15) is 5.60 Å². The zero-order valence-corrected chi connectivity index (χ0v) is 7.55. The lowest BCUT2D eigenvalue weighted by Crippen LogP contribution is -2.14. The predicted molar refractivity (Wildman–Crippen MR) is 43.3 cm³/mol. The van der Waals surface area contributed by atoms with Crippen molar-refractivity contribution in [2.75, 3.05) is 0 Å². The van der Waals surface area contributed by atoms with E-state index in [1.165, 1.54) is 12.8 Å². The molecule has 0 amide bonds. The Hall–Kier alpha value is -0.0400.